The van der Waals surface area contributed by atoms with Crippen LogP contribution < -0.4 is 0 Å². The molecular weight excluding hydrogens is 613 g/mol. The highest BCUT2D eigenvalue weighted by molar-refractivity contribution is 5.69. The minimum Gasteiger partial charge on any atom is -0.462 e. The summed E-state index contributed by atoms with van der Waals surface area (Å²) in [7, 11) is 0. The zero-order chi connectivity index (χ0) is 36.0. The summed E-state index contributed by atoms with van der Waals surface area (Å²) in [5.74, 6) is 5.16. The molecule has 9 atom stereocenters. The minimum absolute atomic E-state index is 0.00657. The number of aliphatic hydroxyl groups is 1. The number of hydrogen-bond acceptors (Lipinski definition) is 3. The fraction of sp³-hybridized carbons (Fsp3) is 0.766. The Morgan fingerprint density at radius 1 is 0.860 bits per heavy atom. The van der Waals surface area contributed by atoms with Gasteiger partial charge in [0.2, 0.25) is 0 Å². The van der Waals surface area contributed by atoms with Crippen molar-refractivity contribution in [2.45, 2.75) is 182 Å². The highest BCUT2D eigenvalue weighted by Gasteiger charge is 2.59. The number of hydrogen-bond donors (Lipinski definition) is 1. The first-order chi connectivity index (χ1) is 24.1. The molecule has 0 aromatic rings. The van der Waals surface area contributed by atoms with Gasteiger partial charge in [-0.05, 0) is 136 Å². The lowest BCUT2D eigenvalue weighted by molar-refractivity contribution is -0.151. The normalized spacial score (nSPS) is 32.5. The van der Waals surface area contributed by atoms with Crippen LogP contribution >= 0.6 is 0 Å². The summed E-state index contributed by atoms with van der Waals surface area (Å²) in [6.45, 7) is 14.7. The van der Waals surface area contributed by atoms with E-state index in [-0.39, 0.29) is 18.2 Å². The number of unbranched alkanes of at least 4 members (excludes halogenated alkanes) is 1. The van der Waals surface area contributed by atoms with Crippen molar-refractivity contribution in [1.82, 2.24) is 0 Å². The van der Waals surface area contributed by atoms with Crippen LogP contribution in [-0.4, -0.2) is 23.3 Å². The molecule has 0 bridgehead atoms. The lowest BCUT2D eigenvalue weighted by Crippen LogP contribution is -2.51. The van der Waals surface area contributed by atoms with Crippen LogP contribution in [0.1, 0.15) is 170 Å². The molecule has 0 amide bonds. The van der Waals surface area contributed by atoms with Crippen LogP contribution in [0.5, 0.6) is 0 Å². The van der Waals surface area contributed by atoms with E-state index in [0.717, 1.165) is 99.7 Å². The molecule has 282 valence electrons. The third kappa shape index (κ3) is 11.3. The van der Waals surface area contributed by atoms with Crippen molar-refractivity contribution in [3.63, 3.8) is 0 Å². The van der Waals surface area contributed by atoms with E-state index >= 15 is 0 Å². The minimum atomic E-state index is -0.196. The van der Waals surface area contributed by atoms with Crippen LogP contribution in [0.15, 0.2) is 60.3 Å². The molecule has 0 heterocycles. The molecule has 3 nitrogen and oxygen atoms in total. The molecular formula is C47H76O3. The fourth-order valence-electron chi connectivity index (χ4n) is 11.0. The molecule has 3 saturated carbocycles. The van der Waals surface area contributed by atoms with Crippen molar-refractivity contribution >= 4 is 5.97 Å². The van der Waals surface area contributed by atoms with Crippen LogP contribution in [0.2, 0.25) is 0 Å². The Morgan fingerprint density at radius 2 is 1.56 bits per heavy atom. The second-order valence-electron chi connectivity index (χ2n) is 17.8. The van der Waals surface area contributed by atoms with Gasteiger partial charge in [-0.1, -0.05) is 127 Å². The SMILES string of the molecule is CCCC(O)C/C=C\C/C=C\C/C=C\C/C=C\CCCC(=O)O[C@H]1CC[C@@]2(C)C(=CC[C@H]3[C@@H]4CC[C@H]([C@H](C)CCCC(C)C)[C@@]4(C)CC[C@@H]32)C1. The number of esters is 1. The summed E-state index contributed by atoms with van der Waals surface area (Å²) in [4.78, 5) is 12.8. The molecule has 4 aliphatic carbocycles. The fourth-order valence-corrected chi connectivity index (χ4v) is 11.0. The summed E-state index contributed by atoms with van der Waals surface area (Å²) in [5.41, 5.74) is 2.46. The van der Waals surface area contributed by atoms with E-state index in [1.54, 1.807) is 5.57 Å². The van der Waals surface area contributed by atoms with E-state index in [1.165, 1.54) is 57.8 Å². The Kier molecular flexibility index (Phi) is 16.7. The predicted molar refractivity (Wildman–Crippen MR) is 213 cm³/mol. The van der Waals surface area contributed by atoms with Gasteiger partial charge in [-0.3, -0.25) is 4.79 Å². The molecule has 1 unspecified atom stereocenters. The number of carbonyl (C=O) groups excluding carboxylic acids is 1. The van der Waals surface area contributed by atoms with E-state index in [0.29, 0.717) is 17.3 Å². The lowest BCUT2D eigenvalue weighted by atomic mass is 9.47. The van der Waals surface area contributed by atoms with E-state index in [9.17, 15) is 9.90 Å². The van der Waals surface area contributed by atoms with E-state index in [4.69, 9.17) is 4.74 Å². The van der Waals surface area contributed by atoms with Crippen molar-refractivity contribution in [3.8, 4) is 0 Å². The lowest BCUT2D eigenvalue weighted by Gasteiger charge is -2.58. The Balaban J connectivity index is 1.12. The molecule has 4 aliphatic rings. The van der Waals surface area contributed by atoms with Crippen molar-refractivity contribution in [1.29, 1.82) is 0 Å². The van der Waals surface area contributed by atoms with Gasteiger partial charge in [0, 0.05) is 12.8 Å². The summed E-state index contributed by atoms with van der Waals surface area (Å²) in [6, 6.07) is 0. The van der Waals surface area contributed by atoms with Crippen LogP contribution in [0.3, 0.4) is 0 Å². The topological polar surface area (TPSA) is 46.5 Å². The van der Waals surface area contributed by atoms with Crippen LogP contribution in [0, 0.1) is 46.3 Å². The van der Waals surface area contributed by atoms with E-state index in [1.807, 2.05) is 0 Å². The van der Waals surface area contributed by atoms with Crippen LogP contribution in [0.25, 0.3) is 0 Å². The van der Waals surface area contributed by atoms with E-state index < -0.39 is 0 Å². The van der Waals surface area contributed by atoms with Gasteiger partial charge in [0.05, 0.1) is 6.10 Å². The average molecular weight is 689 g/mol. The third-order valence-electron chi connectivity index (χ3n) is 13.8. The molecule has 4 rings (SSSR count). The van der Waals surface area contributed by atoms with Gasteiger partial charge in [-0.25, -0.2) is 0 Å². The smallest absolute Gasteiger partial charge is 0.306 e. The molecule has 50 heavy (non-hydrogen) atoms. The summed E-state index contributed by atoms with van der Waals surface area (Å²) < 4.78 is 6.09. The monoisotopic (exact) mass is 689 g/mol. The third-order valence-corrected chi connectivity index (χ3v) is 13.8. The molecule has 0 aromatic heterocycles. The molecule has 1 N–H and O–H groups in total. The summed E-state index contributed by atoms with van der Waals surface area (Å²) in [6.07, 6.45) is 42.1. The highest BCUT2D eigenvalue weighted by Crippen LogP contribution is 2.67. The molecule has 3 fully saturated rings. The first kappa shape index (κ1) is 40.9. The van der Waals surface area contributed by atoms with Crippen molar-refractivity contribution in [2.75, 3.05) is 0 Å². The van der Waals surface area contributed by atoms with Gasteiger partial charge >= 0.3 is 5.97 Å². The first-order valence-corrected chi connectivity index (χ1v) is 21.3. The zero-order valence-electron chi connectivity index (χ0n) is 33.2. The number of aliphatic hydroxyl groups excluding tert-OH is 1. The number of ether oxygens (including phenoxy) is 1. The first-order valence-electron chi connectivity index (χ1n) is 21.3. The van der Waals surface area contributed by atoms with Crippen LogP contribution in [0.4, 0.5) is 0 Å². The van der Waals surface area contributed by atoms with Gasteiger partial charge in [-0.15, -0.1) is 0 Å². The number of allylic oxidation sites excluding steroid dienone is 8. The molecule has 0 aromatic carbocycles. The Bertz CT molecular complexity index is 1170. The Hall–Kier alpha value is -1.87. The highest BCUT2D eigenvalue weighted by atomic mass is 16.5. The molecule has 3 heteroatoms. The van der Waals surface area contributed by atoms with E-state index in [2.05, 4.69) is 96.2 Å². The summed E-state index contributed by atoms with van der Waals surface area (Å²) >= 11 is 0. The number of fused-ring (bicyclic) bond motifs is 5. The number of carbonyl (C=O) groups is 1. The maximum absolute atomic E-state index is 12.8. The van der Waals surface area contributed by atoms with Crippen molar-refractivity contribution in [3.05, 3.63) is 60.3 Å². The molecule has 0 radical (unpaired) electrons. The average Bonchev–Trinajstić information content (AvgIpc) is 3.44. The van der Waals surface area contributed by atoms with Gasteiger partial charge in [-0.2, -0.15) is 0 Å². The molecule has 0 spiro atoms. The van der Waals surface area contributed by atoms with Gasteiger partial charge in [0.1, 0.15) is 6.10 Å². The van der Waals surface area contributed by atoms with Crippen molar-refractivity contribution in [2.24, 2.45) is 46.3 Å². The Morgan fingerprint density at radius 3 is 2.26 bits per heavy atom. The quantitative estimate of drug-likeness (QED) is 0.0787. The molecule has 0 aliphatic heterocycles. The zero-order valence-corrected chi connectivity index (χ0v) is 33.2. The van der Waals surface area contributed by atoms with Gasteiger partial charge < -0.3 is 9.84 Å². The standard InChI is InChI=1S/C47H76O3/c1-7-22-39(48)25-19-17-15-13-11-9-8-10-12-14-16-18-20-26-45(49)50-40-31-33-46(5)38(35-40)27-28-41-43-30-29-42(37(4)24-21-23-36(2)3)47(43,6)34-32-44(41)46/h8,10-11,13-14,16-17,19,27,36-37,39-44,48H,7,9,12,15,18,20-26,28-35H2,1-6H3/b10-8-,13-11-,16-14-,19-17-/t37-,39?,40+,41+,42-,43+,44+,46+,47-/m1/s1. The maximum Gasteiger partial charge on any atom is 0.306 e. The maximum atomic E-state index is 12.8. The van der Waals surface area contributed by atoms with Gasteiger partial charge in [0.15, 0.2) is 0 Å². The molecule has 0 saturated heterocycles. The summed E-state index contributed by atoms with van der Waals surface area (Å²) in [5, 5.41) is 9.74. The van der Waals surface area contributed by atoms with Crippen molar-refractivity contribution < 1.29 is 14.6 Å². The predicted octanol–water partition coefficient (Wildman–Crippen LogP) is 13.1. The number of rotatable bonds is 20. The Labute approximate surface area is 308 Å². The largest absolute Gasteiger partial charge is 0.462 e. The second kappa shape index (κ2) is 20.4. The second-order valence-corrected chi connectivity index (χ2v) is 17.8. The van der Waals surface area contributed by atoms with Gasteiger partial charge in [0.25, 0.3) is 0 Å². The van der Waals surface area contributed by atoms with Crippen LogP contribution in [-0.2, 0) is 9.53 Å².